The fourth-order valence-corrected chi connectivity index (χ4v) is 2.09. The van der Waals surface area contributed by atoms with Crippen molar-refractivity contribution < 1.29 is 19.1 Å². The van der Waals surface area contributed by atoms with Crippen LogP contribution < -0.4 is 10.6 Å². The van der Waals surface area contributed by atoms with Gasteiger partial charge >= 0.3 is 5.97 Å². The maximum absolute atomic E-state index is 12.4. The Morgan fingerprint density at radius 3 is 2.68 bits per heavy atom. The first-order valence-corrected chi connectivity index (χ1v) is 7.61. The molecule has 1 heterocycles. The van der Waals surface area contributed by atoms with E-state index in [4.69, 9.17) is 4.74 Å². The highest BCUT2D eigenvalue weighted by Crippen LogP contribution is 2.14. The molecule has 1 aromatic carbocycles. The van der Waals surface area contributed by atoms with Gasteiger partial charge < -0.3 is 20.1 Å². The molecular weight excluding hydrogens is 324 g/mol. The van der Waals surface area contributed by atoms with E-state index in [1.165, 1.54) is 13.2 Å². The van der Waals surface area contributed by atoms with Crippen LogP contribution in [-0.2, 0) is 9.47 Å². The summed E-state index contributed by atoms with van der Waals surface area (Å²) in [7, 11) is 2.91. The number of benzene rings is 1. The first-order chi connectivity index (χ1) is 12.0. The van der Waals surface area contributed by atoms with Crippen molar-refractivity contribution in [3.63, 3.8) is 0 Å². The maximum Gasteiger partial charge on any atom is 0.337 e. The highest BCUT2D eigenvalue weighted by atomic mass is 16.5. The summed E-state index contributed by atoms with van der Waals surface area (Å²) < 4.78 is 9.64. The molecule has 1 aromatic heterocycles. The minimum absolute atomic E-state index is 0.218. The lowest BCUT2D eigenvalue weighted by Gasteiger charge is -2.09. The lowest BCUT2D eigenvalue weighted by atomic mass is 10.2. The Labute approximate surface area is 145 Å². The zero-order chi connectivity index (χ0) is 18.2. The fourth-order valence-electron chi connectivity index (χ4n) is 2.09. The van der Waals surface area contributed by atoms with Gasteiger partial charge in [0.1, 0.15) is 17.3 Å². The van der Waals surface area contributed by atoms with Crippen LogP contribution in [0, 0.1) is 6.92 Å². The molecule has 0 unspecified atom stereocenters. The molecule has 8 heteroatoms. The Kier molecular flexibility index (Phi) is 6.41. The third-order valence-corrected chi connectivity index (χ3v) is 3.22. The van der Waals surface area contributed by atoms with Crippen molar-refractivity contribution in [1.82, 2.24) is 9.97 Å². The maximum atomic E-state index is 12.4. The van der Waals surface area contributed by atoms with Gasteiger partial charge in [0.05, 0.1) is 19.3 Å². The van der Waals surface area contributed by atoms with Crippen molar-refractivity contribution in [2.75, 3.05) is 38.0 Å². The first-order valence-electron chi connectivity index (χ1n) is 7.61. The molecule has 1 amide bonds. The first kappa shape index (κ1) is 18.3. The minimum Gasteiger partial charge on any atom is -0.465 e. The number of carbonyl (C=O) groups excluding carboxylic acids is 2. The lowest BCUT2D eigenvalue weighted by Crippen LogP contribution is -2.17. The summed E-state index contributed by atoms with van der Waals surface area (Å²) in [5.41, 5.74) is 1.04. The Morgan fingerprint density at radius 1 is 1.16 bits per heavy atom. The number of amides is 1. The number of nitrogens with zero attached hydrogens (tertiary/aromatic N) is 2. The molecule has 25 heavy (non-hydrogen) atoms. The van der Waals surface area contributed by atoms with E-state index in [9.17, 15) is 9.59 Å². The number of aryl methyl sites for hydroxylation is 1. The van der Waals surface area contributed by atoms with Crippen molar-refractivity contribution in [3.8, 4) is 0 Å². The topological polar surface area (TPSA) is 102 Å². The SMILES string of the molecule is COCCNc1cc(C(=O)Nc2cccc(C(=O)OC)c2)nc(C)n1. The largest absolute Gasteiger partial charge is 0.465 e. The van der Waals surface area contributed by atoms with E-state index in [0.717, 1.165) is 0 Å². The van der Waals surface area contributed by atoms with Crippen LogP contribution in [0.25, 0.3) is 0 Å². The van der Waals surface area contributed by atoms with Crippen LogP contribution >= 0.6 is 0 Å². The predicted octanol–water partition coefficient (Wildman–Crippen LogP) is 1.88. The van der Waals surface area contributed by atoms with Crippen molar-refractivity contribution in [3.05, 3.63) is 47.4 Å². The van der Waals surface area contributed by atoms with Gasteiger partial charge in [-0.2, -0.15) is 0 Å². The highest BCUT2D eigenvalue weighted by molar-refractivity contribution is 6.04. The Bertz CT molecular complexity index is 764. The number of hydrogen-bond acceptors (Lipinski definition) is 7. The van der Waals surface area contributed by atoms with E-state index < -0.39 is 11.9 Å². The van der Waals surface area contributed by atoms with E-state index in [2.05, 4.69) is 25.3 Å². The van der Waals surface area contributed by atoms with Crippen LogP contribution in [0.15, 0.2) is 30.3 Å². The summed E-state index contributed by atoms with van der Waals surface area (Å²) in [6, 6.07) is 8.03. The standard InChI is InChI=1S/C17H20N4O4/c1-11-19-14(10-15(20-11)18-7-8-24-2)16(22)21-13-6-4-5-12(9-13)17(23)25-3/h4-6,9-10H,7-8H2,1-3H3,(H,21,22)(H,18,19,20). The van der Waals surface area contributed by atoms with Gasteiger partial charge in [-0.3, -0.25) is 4.79 Å². The van der Waals surface area contributed by atoms with E-state index in [1.54, 1.807) is 38.3 Å². The van der Waals surface area contributed by atoms with Crippen LogP contribution in [0.5, 0.6) is 0 Å². The van der Waals surface area contributed by atoms with Crippen LogP contribution in [0.1, 0.15) is 26.7 Å². The van der Waals surface area contributed by atoms with Crippen LogP contribution in [-0.4, -0.2) is 49.2 Å². The molecule has 2 N–H and O–H groups in total. The summed E-state index contributed by atoms with van der Waals surface area (Å²) in [5, 5.41) is 5.77. The summed E-state index contributed by atoms with van der Waals surface area (Å²) in [5.74, 6) is 0.134. The molecule has 0 spiro atoms. The molecule has 0 aliphatic rings. The lowest BCUT2D eigenvalue weighted by molar-refractivity contribution is 0.0600. The van der Waals surface area contributed by atoms with Crippen molar-refractivity contribution >= 4 is 23.4 Å². The Balaban J connectivity index is 2.14. The van der Waals surface area contributed by atoms with E-state index in [-0.39, 0.29) is 5.69 Å². The van der Waals surface area contributed by atoms with E-state index in [0.29, 0.717) is 36.0 Å². The fraction of sp³-hybridized carbons (Fsp3) is 0.294. The van der Waals surface area contributed by atoms with Crippen molar-refractivity contribution in [2.45, 2.75) is 6.92 Å². The van der Waals surface area contributed by atoms with Gasteiger partial charge in [-0.05, 0) is 25.1 Å². The molecule has 0 bridgehead atoms. The molecule has 0 radical (unpaired) electrons. The van der Waals surface area contributed by atoms with Gasteiger partial charge in [0.2, 0.25) is 0 Å². The molecule has 0 saturated heterocycles. The number of hydrogen-bond donors (Lipinski definition) is 2. The summed E-state index contributed by atoms with van der Waals surface area (Å²) in [6.07, 6.45) is 0. The number of ether oxygens (including phenoxy) is 2. The van der Waals surface area contributed by atoms with Gasteiger partial charge in [-0.1, -0.05) is 6.07 Å². The summed E-state index contributed by atoms with van der Waals surface area (Å²) >= 11 is 0. The average molecular weight is 344 g/mol. The second-order valence-corrected chi connectivity index (χ2v) is 5.13. The monoisotopic (exact) mass is 344 g/mol. The molecule has 0 saturated carbocycles. The van der Waals surface area contributed by atoms with Crippen molar-refractivity contribution in [1.29, 1.82) is 0 Å². The van der Waals surface area contributed by atoms with Crippen LogP contribution in [0.2, 0.25) is 0 Å². The summed E-state index contributed by atoms with van der Waals surface area (Å²) in [6.45, 7) is 2.79. The normalized spacial score (nSPS) is 10.2. The van der Waals surface area contributed by atoms with Gasteiger partial charge in [0, 0.05) is 25.4 Å². The predicted molar refractivity (Wildman–Crippen MR) is 92.9 cm³/mol. The zero-order valence-electron chi connectivity index (χ0n) is 14.3. The van der Waals surface area contributed by atoms with Gasteiger partial charge in [-0.25, -0.2) is 14.8 Å². The van der Waals surface area contributed by atoms with E-state index >= 15 is 0 Å². The second-order valence-electron chi connectivity index (χ2n) is 5.13. The van der Waals surface area contributed by atoms with Gasteiger partial charge in [0.15, 0.2) is 0 Å². The number of aromatic nitrogens is 2. The smallest absolute Gasteiger partial charge is 0.337 e. The molecule has 8 nitrogen and oxygen atoms in total. The van der Waals surface area contributed by atoms with Gasteiger partial charge in [0.25, 0.3) is 5.91 Å². The molecular formula is C17H20N4O4. The van der Waals surface area contributed by atoms with E-state index in [1.807, 2.05) is 0 Å². The highest BCUT2D eigenvalue weighted by Gasteiger charge is 2.12. The molecule has 0 aliphatic carbocycles. The number of nitrogens with one attached hydrogen (secondary N) is 2. The Hall–Kier alpha value is -3.00. The number of carbonyl (C=O) groups is 2. The van der Waals surface area contributed by atoms with Crippen LogP contribution in [0.4, 0.5) is 11.5 Å². The molecule has 0 fully saturated rings. The van der Waals surface area contributed by atoms with Crippen LogP contribution in [0.3, 0.4) is 0 Å². The number of rotatable bonds is 7. The van der Waals surface area contributed by atoms with Crippen molar-refractivity contribution in [2.24, 2.45) is 0 Å². The second kappa shape index (κ2) is 8.74. The summed E-state index contributed by atoms with van der Waals surface area (Å²) in [4.78, 5) is 32.4. The third-order valence-electron chi connectivity index (χ3n) is 3.22. The molecule has 0 aliphatic heterocycles. The Morgan fingerprint density at radius 2 is 1.96 bits per heavy atom. The number of esters is 1. The minimum atomic E-state index is -0.474. The number of anilines is 2. The number of methoxy groups -OCH3 is 2. The quantitative estimate of drug-likeness (QED) is 0.584. The zero-order valence-corrected chi connectivity index (χ0v) is 14.3. The molecule has 132 valence electrons. The average Bonchev–Trinajstić information content (AvgIpc) is 2.61. The molecule has 0 atom stereocenters. The third kappa shape index (κ3) is 5.25. The molecule has 2 rings (SSSR count). The molecule has 2 aromatic rings. The van der Waals surface area contributed by atoms with Gasteiger partial charge in [-0.15, -0.1) is 0 Å².